The fourth-order valence-electron chi connectivity index (χ4n) is 2.50. The first kappa shape index (κ1) is 13.4. The predicted molar refractivity (Wildman–Crippen MR) is 71.6 cm³/mol. The number of fused-ring (bicyclic) bond motifs is 1. The van der Waals surface area contributed by atoms with Gasteiger partial charge in [-0.05, 0) is 36.2 Å². The van der Waals surface area contributed by atoms with Crippen LogP contribution in [0.5, 0.6) is 0 Å². The summed E-state index contributed by atoms with van der Waals surface area (Å²) in [5.41, 5.74) is 1.36. The van der Waals surface area contributed by atoms with Crippen molar-refractivity contribution in [2.45, 2.75) is 19.4 Å². The Hall–Kier alpha value is -2.63. The molecular weight excluding hydrogens is 277 g/mol. The van der Waals surface area contributed by atoms with Gasteiger partial charge in [-0.3, -0.25) is 4.79 Å². The molecule has 0 spiro atoms. The van der Waals surface area contributed by atoms with Gasteiger partial charge < -0.3 is 14.4 Å². The van der Waals surface area contributed by atoms with Crippen molar-refractivity contribution in [3.05, 3.63) is 53.2 Å². The van der Waals surface area contributed by atoms with Crippen LogP contribution in [0.1, 0.15) is 28.1 Å². The van der Waals surface area contributed by atoms with Gasteiger partial charge in [-0.15, -0.1) is 0 Å². The number of anilines is 1. The van der Waals surface area contributed by atoms with Crippen molar-refractivity contribution in [2.24, 2.45) is 0 Å². The number of carbonyl (C=O) groups excluding carboxylic acids is 1. The Labute approximate surface area is 119 Å². The molecule has 1 amide bonds. The summed E-state index contributed by atoms with van der Waals surface area (Å²) >= 11 is 0. The van der Waals surface area contributed by atoms with Crippen LogP contribution in [0.2, 0.25) is 0 Å². The summed E-state index contributed by atoms with van der Waals surface area (Å²) < 4.78 is 18.4. The highest BCUT2D eigenvalue weighted by atomic mass is 19.1. The van der Waals surface area contributed by atoms with Gasteiger partial charge >= 0.3 is 5.97 Å². The van der Waals surface area contributed by atoms with Gasteiger partial charge in [-0.2, -0.15) is 0 Å². The number of carbonyl (C=O) groups is 2. The number of hydrogen-bond donors (Lipinski definition) is 1. The largest absolute Gasteiger partial charge is 0.478 e. The third kappa shape index (κ3) is 2.40. The maximum absolute atomic E-state index is 13.3. The van der Waals surface area contributed by atoms with Gasteiger partial charge in [0.15, 0.2) is 0 Å². The molecule has 2 heterocycles. The van der Waals surface area contributed by atoms with Crippen LogP contribution in [-0.4, -0.2) is 17.0 Å². The van der Waals surface area contributed by atoms with Gasteiger partial charge in [0.2, 0.25) is 5.91 Å². The molecular formula is C15H12FNO4. The van der Waals surface area contributed by atoms with E-state index in [4.69, 9.17) is 9.52 Å². The first-order valence-electron chi connectivity index (χ1n) is 6.44. The molecule has 1 aromatic carbocycles. The van der Waals surface area contributed by atoms with Crippen LogP contribution >= 0.6 is 0 Å². The summed E-state index contributed by atoms with van der Waals surface area (Å²) in [5, 5.41) is 9.07. The maximum atomic E-state index is 13.3. The lowest BCUT2D eigenvalue weighted by Crippen LogP contribution is -2.34. The molecule has 6 heteroatoms. The van der Waals surface area contributed by atoms with Gasteiger partial charge in [0.25, 0.3) is 0 Å². The van der Waals surface area contributed by atoms with Crippen molar-refractivity contribution < 1.29 is 23.5 Å². The van der Waals surface area contributed by atoms with E-state index in [-0.39, 0.29) is 36.0 Å². The van der Waals surface area contributed by atoms with Gasteiger partial charge in [0.05, 0.1) is 12.8 Å². The molecule has 0 saturated heterocycles. The molecule has 0 unspecified atom stereocenters. The zero-order valence-corrected chi connectivity index (χ0v) is 11.0. The normalized spacial score (nSPS) is 14.1. The minimum absolute atomic E-state index is 0.0199. The zero-order valence-electron chi connectivity index (χ0n) is 11.0. The van der Waals surface area contributed by atoms with Gasteiger partial charge in [-0.1, -0.05) is 0 Å². The van der Waals surface area contributed by atoms with Crippen LogP contribution in [0.15, 0.2) is 34.9 Å². The maximum Gasteiger partial charge on any atom is 0.339 e. The van der Waals surface area contributed by atoms with Crippen molar-refractivity contribution in [1.29, 1.82) is 0 Å². The van der Waals surface area contributed by atoms with E-state index in [0.29, 0.717) is 12.1 Å². The standard InChI is InChI=1S/C15H12FNO4/c16-10-2-3-12-9(7-10)1-4-14(18)17(12)8-13-11(15(19)20)5-6-21-13/h2-3,5-7H,1,4,8H2,(H,19,20). The number of nitrogens with zero attached hydrogens (tertiary/aromatic N) is 1. The number of halogens is 1. The van der Waals surface area contributed by atoms with Crippen molar-refractivity contribution in [2.75, 3.05) is 4.90 Å². The van der Waals surface area contributed by atoms with Crippen LogP contribution < -0.4 is 4.90 Å². The number of carboxylic acids is 1. The fourth-order valence-corrected chi connectivity index (χ4v) is 2.50. The lowest BCUT2D eigenvalue weighted by Gasteiger charge is -2.28. The number of aromatic carboxylic acids is 1. The topological polar surface area (TPSA) is 70.8 Å². The van der Waals surface area contributed by atoms with Gasteiger partial charge in [0, 0.05) is 12.1 Å². The summed E-state index contributed by atoms with van der Waals surface area (Å²) in [6, 6.07) is 5.56. The quantitative estimate of drug-likeness (QED) is 0.942. The Morgan fingerprint density at radius 2 is 2.14 bits per heavy atom. The molecule has 1 aromatic heterocycles. The summed E-state index contributed by atoms with van der Waals surface area (Å²) in [6.07, 6.45) is 2.02. The molecule has 0 aliphatic carbocycles. The minimum atomic E-state index is -1.11. The predicted octanol–water partition coefficient (Wildman–Crippen LogP) is 2.60. The van der Waals surface area contributed by atoms with Crippen LogP contribution in [-0.2, 0) is 17.8 Å². The molecule has 3 rings (SSSR count). The third-order valence-electron chi connectivity index (χ3n) is 3.52. The Morgan fingerprint density at radius 3 is 2.90 bits per heavy atom. The molecule has 1 N–H and O–H groups in total. The molecule has 0 radical (unpaired) electrons. The van der Waals surface area contributed by atoms with Crippen LogP contribution in [0.4, 0.5) is 10.1 Å². The summed E-state index contributed by atoms with van der Waals surface area (Å²) in [7, 11) is 0. The van der Waals surface area contributed by atoms with E-state index in [0.717, 1.165) is 5.56 Å². The second-order valence-electron chi connectivity index (χ2n) is 4.82. The van der Waals surface area contributed by atoms with Crippen molar-refractivity contribution in [3.8, 4) is 0 Å². The van der Waals surface area contributed by atoms with E-state index in [1.54, 1.807) is 0 Å². The Balaban J connectivity index is 1.97. The summed E-state index contributed by atoms with van der Waals surface area (Å²) in [4.78, 5) is 24.6. The first-order valence-corrected chi connectivity index (χ1v) is 6.44. The lowest BCUT2D eigenvalue weighted by atomic mass is 10.0. The number of hydrogen-bond acceptors (Lipinski definition) is 3. The molecule has 21 heavy (non-hydrogen) atoms. The summed E-state index contributed by atoms with van der Waals surface area (Å²) in [5.74, 6) is -1.40. The molecule has 0 fully saturated rings. The molecule has 5 nitrogen and oxygen atoms in total. The van der Waals surface area contributed by atoms with E-state index in [1.165, 1.54) is 35.4 Å². The minimum Gasteiger partial charge on any atom is -0.478 e. The highest BCUT2D eigenvalue weighted by Crippen LogP contribution is 2.30. The van der Waals surface area contributed by atoms with E-state index in [2.05, 4.69) is 0 Å². The van der Waals surface area contributed by atoms with E-state index < -0.39 is 5.97 Å². The second-order valence-corrected chi connectivity index (χ2v) is 4.82. The van der Waals surface area contributed by atoms with Crippen molar-refractivity contribution in [1.82, 2.24) is 0 Å². The Bertz CT molecular complexity index is 722. The lowest BCUT2D eigenvalue weighted by molar-refractivity contribution is -0.119. The number of aryl methyl sites for hydroxylation is 1. The average molecular weight is 289 g/mol. The molecule has 0 atom stereocenters. The third-order valence-corrected chi connectivity index (χ3v) is 3.52. The molecule has 0 saturated carbocycles. The number of benzene rings is 1. The van der Waals surface area contributed by atoms with Crippen molar-refractivity contribution >= 4 is 17.6 Å². The van der Waals surface area contributed by atoms with Crippen molar-refractivity contribution in [3.63, 3.8) is 0 Å². The van der Waals surface area contributed by atoms with Crippen LogP contribution in [0.25, 0.3) is 0 Å². The summed E-state index contributed by atoms with van der Waals surface area (Å²) in [6.45, 7) is 0.0199. The molecule has 1 aliphatic heterocycles. The number of amides is 1. The van der Waals surface area contributed by atoms with Crippen LogP contribution in [0.3, 0.4) is 0 Å². The SMILES string of the molecule is O=C(O)c1ccoc1CN1C(=O)CCc2cc(F)ccc21. The van der Waals surface area contributed by atoms with E-state index in [9.17, 15) is 14.0 Å². The highest BCUT2D eigenvalue weighted by molar-refractivity contribution is 5.97. The molecule has 108 valence electrons. The van der Waals surface area contributed by atoms with Gasteiger partial charge in [0.1, 0.15) is 17.1 Å². The zero-order chi connectivity index (χ0) is 15.0. The highest BCUT2D eigenvalue weighted by Gasteiger charge is 2.27. The average Bonchev–Trinajstić information content (AvgIpc) is 2.90. The van der Waals surface area contributed by atoms with E-state index >= 15 is 0 Å². The molecule has 2 aromatic rings. The Kier molecular flexibility index (Phi) is 3.21. The van der Waals surface area contributed by atoms with Crippen LogP contribution in [0, 0.1) is 5.82 Å². The number of furan rings is 1. The van der Waals surface area contributed by atoms with E-state index in [1.807, 2.05) is 0 Å². The second kappa shape index (κ2) is 5.05. The monoisotopic (exact) mass is 289 g/mol. The molecule has 0 bridgehead atoms. The Morgan fingerprint density at radius 1 is 1.33 bits per heavy atom. The number of rotatable bonds is 3. The fraction of sp³-hybridized carbons (Fsp3) is 0.200. The smallest absolute Gasteiger partial charge is 0.339 e. The number of carboxylic acid groups (broad SMARTS) is 1. The van der Waals surface area contributed by atoms with Gasteiger partial charge in [-0.25, -0.2) is 9.18 Å². The first-order chi connectivity index (χ1) is 10.1. The molecule has 1 aliphatic rings.